The van der Waals surface area contributed by atoms with Crippen LogP contribution in [-0.2, 0) is 11.2 Å². The number of amides is 1. The van der Waals surface area contributed by atoms with Gasteiger partial charge in [0.25, 0.3) is 0 Å². The Labute approximate surface area is 123 Å². The van der Waals surface area contributed by atoms with Crippen molar-refractivity contribution < 1.29 is 9.18 Å². The lowest BCUT2D eigenvalue weighted by atomic mass is 9.88. The third kappa shape index (κ3) is 2.04. The SMILES string of the molecule is C[C@H]1CC=C(c2cc(F)c3c(c2)CC2(CC2)C(=O)N3)NC1. The van der Waals surface area contributed by atoms with Gasteiger partial charge in [-0.05, 0) is 49.3 Å². The van der Waals surface area contributed by atoms with Crippen LogP contribution < -0.4 is 10.6 Å². The van der Waals surface area contributed by atoms with Crippen molar-refractivity contribution in [3.63, 3.8) is 0 Å². The number of hydrogen-bond acceptors (Lipinski definition) is 2. The number of halogens is 1. The summed E-state index contributed by atoms with van der Waals surface area (Å²) in [4.78, 5) is 12.0. The standard InChI is InChI=1S/C17H19FN2O/c1-10-2-3-14(19-9-10)11-6-12-8-17(4-5-17)16(21)20-15(12)13(18)7-11/h3,6-7,10,19H,2,4-5,8-9H2,1H3,(H,20,21)/t10-/m0/s1. The minimum Gasteiger partial charge on any atom is -0.385 e. The molecule has 1 aromatic rings. The minimum atomic E-state index is -0.326. The maximum atomic E-state index is 14.3. The van der Waals surface area contributed by atoms with Crippen LogP contribution in [0.4, 0.5) is 10.1 Å². The molecule has 1 fully saturated rings. The summed E-state index contributed by atoms with van der Waals surface area (Å²) in [5.41, 5.74) is 2.97. The predicted molar refractivity (Wildman–Crippen MR) is 80.2 cm³/mol. The largest absolute Gasteiger partial charge is 0.385 e. The molecule has 1 amide bonds. The van der Waals surface area contributed by atoms with Gasteiger partial charge in [0.05, 0.1) is 11.1 Å². The van der Waals surface area contributed by atoms with Gasteiger partial charge < -0.3 is 10.6 Å². The molecule has 0 aromatic heterocycles. The number of carbonyl (C=O) groups excluding carboxylic acids is 1. The van der Waals surface area contributed by atoms with E-state index in [0.29, 0.717) is 18.0 Å². The van der Waals surface area contributed by atoms with E-state index in [1.165, 1.54) is 6.07 Å². The van der Waals surface area contributed by atoms with E-state index in [-0.39, 0.29) is 17.1 Å². The van der Waals surface area contributed by atoms with E-state index in [9.17, 15) is 9.18 Å². The van der Waals surface area contributed by atoms with Crippen molar-refractivity contribution in [3.05, 3.63) is 35.2 Å². The monoisotopic (exact) mass is 286 g/mol. The zero-order valence-electron chi connectivity index (χ0n) is 12.1. The first kappa shape index (κ1) is 12.9. The molecule has 1 aromatic carbocycles. The van der Waals surface area contributed by atoms with E-state index in [2.05, 4.69) is 23.6 Å². The molecule has 2 aliphatic heterocycles. The van der Waals surface area contributed by atoms with E-state index in [1.807, 2.05) is 6.07 Å². The molecular formula is C17H19FN2O. The van der Waals surface area contributed by atoms with Gasteiger partial charge in [-0.1, -0.05) is 13.0 Å². The van der Waals surface area contributed by atoms with Gasteiger partial charge in [0, 0.05) is 17.8 Å². The van der Waals surface area contributed by atoms with Gasteiger partial charge in [-0.15, -0.1) is 0 Å². The molecule has 1 spiro atoms. The summed E-state index contributed by atoms with van der Waals surface area (Å²) in [5, 5.41) is 6.14. The van der Waals surface area contributed by atoms with Gasteiger partial charge in [-0.2, -0.15) is 0 Å². The fourth-order valence-corrected chi connectivity index (χ4v) is 3.32. The molecule has 2 N–H and O–H groups in total. The minimum absolute atomic E-state index is 0.00881. The van der Waals surface area contributed by atoms with Crippen LogP contribution in [-0.4, -0.2) is 12.5 Å². The molecule has 1 saturated carbocycles. The molecule has 2 heterocycles. The molecule has 3 aliphatic rings. The molecule has 21 heavy (non-hydrogen) atoms. The molecule has 0 saturated heterocycles. The zero-order valence-corrected chi connectivity index (χ0v) is 12.1. The lowest BCUT2D eigenvalue weighted by Gasteiger charge is -2.27. The van der Waals surface area contributed by atoms with Crippen LogP contribution in [0.2, 0.25) is 0 Å². The highest BCUT2D eigenvalue weighted by Crippen LogP contribution is 2.53. The van der Waals surface area contributed by atoms with E-state index in [0.717, 1.165) is 42.6 Å². The Bertz CT molecular complexity index is 661. The second-order valence-electron chi connectivity index (χ2n) is 6.74. The summed E-state index contributed by atoms with van der Waals surface area (Å²) in [5.74, 6) is 0.281. The summed E-state index contributed by atoms with van der Waals surface area (Å²) >= 11 is 0. The number of fused-ring (bicyclic) bond motifs is 1. The summed E-state index contributed by atoms with van der Waals surface area (Å²) in [6.07, 6.45) is 5.67. The Hall–Kier alpha value is -1.84. The lowest BCUT2D eigenvalue weighted by molar-refractivity contribution is -0.121. The Kier molecular flexibility index (Phi) is 2.65. The highest BCUT2D eigenvalue weighted by atomic mass is 19.1. The molecule has 1 atom stereocenters. The van der Waals surface area contributed by atoms with Crippen LogP contribution in [0, 0.1) is 17.2 Å². The smallest absolute Gasteiger partial charge is 0.231 e. The molecule has 0 bridgehead atoms. The van der Waals surface area contributed by atoms with Crippen molar-refractivity contribution in [1.29, 1.82) is 0 Å². The van der Waals surface area contributed by atoms with Crippen molar-refractivity contribution >= 4 is 17.3 Å². The average Bonchev–Trinajstić information content (AvgIpc) is 3.22. The summed E-state index contributed by atoms with van der Waals surface area (Å²) in [6, 6.07) is 3.56. The number of nitrogens with one attached hydrogen (secondary N) is 2. The second-order valence-corrected chi connectivity index (χ2v) is 6.74. The van der Waals surface area contributed by atoms with Gasteiger partial charge in [0.15, 0.2) is 0 Å². The molecule has 0 unspecified atom stereocenters. The maximum absolute atomic E-state index is 14.3. The highest BCUT2D eigenvalue weighted by molar-refractivity contribution is 6.00. The van der Waals surface area contributed by atoms with Crippen molar-refractivity contribution in [2.24, 2.45) is 11.3 Å². The average molecular weight is 286 g/mol. The first-order valence-electron chi connectivity index (χ1n) is 7.66. The van der Waals surface area contributed by atoms with Gasteiger partial charge in [0.1, 0.15) is 5.82 Å². The summed E-state index contributed by atoms with van der Waals surface area (Å²) < 4.78 is 14.3. The molecule has 1 aliphatic carbocycles. The number of carbonyl (C=O) groups is 1. The number of anilines is 1. The van der Waals surface area contributed by atoms with Crippen molar-refractivity contribution in [2.75, 3.05) is 11.9 Å². The van der Waals surface area contributed by atoms with Crippen molar-refractivity contribution in [1.82, 2.24) is 5.32 Å². The molecule has 4 heteroatoms. The third-order valence-corrected chi connectivity index (χ3v) is 4.95. The van der Waals surface area contributed by atoms with E-state index in [1.54, 1.807) is 0 Å². The Morgan fingerprint density at radius 2 is 2.14 bits per heavy atom. The molecule has 110 valence electrons. The van der Waals surface area contributed by atoms with Crippen LogP contribution >= 0.6 is 0 Å². The van der Waals surface area contributed by atoms with Crippen LogP contribution in [0.15, 0.2) is 18.2 Å². The topological polar surface area (TPSA) is 41.1 Å². The second kappa shape index (κ2) is 4.33. The molecular weight excluding hydrogens is 267 g/mol. The third-order valence-electron chi connectivity index (χ3n) is 4.95. The fourth-order valence-electron chi connectivity index (χ4n) is 3.32. The van der Waals surface area contributed by atoms with Crippen LogP contribution in [0.1, 0.15) is 37.3 Å². The number of rotatable bonds is 1. The van der Waals surface area contributed by atoms with Crippen molar-refractivity contribution in [2.45, 2.75) is 32.6 Å². The van der Waals surface area contributed by atoms with E-state index < -0.39 is 0 Å². The Morgan fingerprint density at radius 3 is 2.81 bits per heavy atom. The normalized spacial score (nSPS) is 25.7. The predicted octanol–water partition coefficient (Wildman–Crippen LogP) is 3.07. The first-order chi connectivity index (χ1) is 10.1. The number of allylic oxidation sites excluding steroid dienone is 1. The van der Waals surface area contributed by atoms with Crippen molar-refractivity contribution in [3.8, 4) is 0 Å². The van der Waals surface area contributed by atoms with Gasteiger partial charge >= 0.3 is 0 Å². The molecule has 3 nitrogen and oxygen atoms in total. The molecule has 4 rings (SSSR count). The fraction of sp³-hybridized carbons (Fsp3) is 0.471. The Morgan fingerprint density at radius 1 is 1.33 bits per heavy atom. The van der Waals surface area contributed by atoms with Crippen LogP contribution in [0.5, 0.6) is 0 Å². The quantitative estimate of drug-likeness (QED) is 0.833. The zero-order chi connectivity index (χ0) is 14.6. The highest BCUT2D eigenvalue weighted by Gasteiger charge is 2.52. The van der Waals surface area contributed by atoms with Crippen LogP contribution in [0.25, 0.3) is 5.70 Å². The molecule has 0 radical (unpaired) electrons. The first-order valence-corrected chi connectivity index (χ1v) is 7.66. The van der Waals surface area contributed by atoms with Gasteiger partial charge in [0.2, 0.25) is 5.91 Å². The van der Waals surface area contributed by atoms with Gasteiger partial charge in [-0.25, -0.2) is 4.39 Å². The van der Waals surface area contributed by atoms with E-state index in [4.69, 9.17) is 0 Å². The van der Waals surface area contributed by atoms with E-state index >= 15 is 0 Å². The summed E-state index contributed by atoms with van der Waals surface area (Å²) in [7, 11) is 0. The Balaban J connectivity index is 1.72. The van der Waals surface area contributed by atoms with Crippen LogP contribution in [0.3, 0.4) is 0 Å². The number of hydrogen-bond donors (Lipinski definition) is 2. The lowest BCUT2D eigenvalue weighted by Crippen LogP contribution is -2.32. The van der Waals surface area contributed by atoms with Gasteiger partial charge in [-0.3, -0.25) is 4.79 Å². The maximum Gasteiger partial charge on any atom is 0.231 e. The number of benzene rings is 1. The summed E-state index contributed by atoms with van der Waals surface area (Å²) in [6.45, 7) is 3.12.